The van der Waals surface area contributed by atoms with Gasteiger partial charge in [0.2, 0.25) is 0 Å². The lowest BCUT2D eigenvalue weighted by Crippen LogP contribution is -2.04. The zero-order valence-electron chi connectivity index (χ0n) is 8.82. The Balaban J connectivity index is 2.70. The molecule has 1 aromatic carbocycles. The molecule has 0 bridgehead atoms. The van der Waals surface area contributed by atoms with Crippen LogP contribution < -0.4 is 4.74 Å². The largest absolute Gasteiger partial charge is 0.478 e. The van der Waals surface area contributed by atoms with Gasteiger partial charge in [-0.2, -0.15) is 0 Å². The first-order valence-electron chi connectivity index (χ1n) is 4.69. The highest BCUT2D eigenvalue weighted by atomic mass is 16.7. The first-order chi connectivity index (χ1) is 7.15. The Kier molecular flexibility index (Phi) is 4.12. The van der Waals surface area contributed by atoms with Gasteiger partial charge in [-0.3, -0.25) is 0 Å². The standard InChI is InChI=1S/C11H14O4/c1-3-14-7-15-10-5-4-9(11(12)13)6-8(10)2/h4-6H,3,7H2,1-2H3,(H,12,13). The van der Waals surface area contributed by atoms with Crippen molar-refractivity contribution in [3.05, 3.63) is 29.3 Å². The molecule has 0 saturated heterocycles. The Morgan fingerprint density at radius 3 is 2.73 bits per heavy atom. The summed E-state index contributed by atoms with van der Waals surface area (Å²) in [4.78, 5) is 10.7. The molecule has 0 saturated carbocycles. The molecule has 0 spiro atoms. The summed E-state index contributed by atoms with van der Waals surface area (Å²) in [5.41, 5.74) is 1.05. The number of carboxylic acids is 1. The third kappa shape index (κ3) is 3.25. The van der Waals surface area contributed by atoms with Crippen molar-refractivity contribution in [2.24, 2.45) is 0 Å². The van der Waals surface area contributed by atoms with Gasteiger partial charge in [-0.15, -0.1) is 0 Å². The minimum Gasteiger partial charge on any atom is -0.478 e. The monoisotopic (exact) mass is 210 g/mol. The molecule has 0 amide bonds. The summed E-state index contributed by atoms with van der Waals surface area (Å²) >= 11 is 0. The summed E-state index contributed by atoms with van der Waals surface area (Å²) in [6.45, 7) is 4.45. The van der Waals surface area contributed by atoms with E-state index >= 15 is 0 Å². The summed E-state index contributed by atoms with van der Waals surface area (Å²) < 4.78 is 10.3. The van der Waals surface area contributed by atoms with E-state index in [9.17, 15) is 4.79 Å². The van der Waals surface area contributed by atoms with Crippen LogP contribution in [0.3, 0.4) is 0 Å². The van der Waals surface area contributed by atoms with Crippen LogP contribution in [0.1, 0.15) is 22.8 Å². The molecule has 0 aromatic heterocycles. The quantitative estimate of drug-likeness (QED) is 0.597. The Hall–Kier alpha value is -1.55. The van der Waals surface area contributed by atoms with Gasteiger partial charge in [0.15, 0.2) is 6.79 Å². The highest BCUT2D eigenvalue weighted by Crippen LogP contribution is 2.19. The van der Waals surface area contributed by atoms with Crippen LogP contribution in [-0.2, 0) is 4.74 Å². The number of rotatable bonds is 5. The summed E-state index contributed by atoms with van der Waals surface area (Å²) in [7, 11) is 0. The SMILES string of the molecule is CCOCOc1ccc(C(=O)O)cc1C. The van der Waals surface area contributed by atoms with Crippen molar-refractivity contribution in [3.8, 4) is 5.75 Å². The van der Waals surface area contributed by atoms with E-state index in [1.54, 1.807) is 19.1 Å². The zero-order valence-corrected chi connectivity index (χ0v) is 8.82. The zero-order chi connectivity index (χ0) is 11.3. The van der Waals surface area contributed by atoms with Gasteiger partial charge in [-0.05, 0) is 37.6 Å². The van der Waals surface area contributed by atoms with Gasteiger partial charge in [-0.25, -0.2) is 4.79 Å². The maximum Gasteiger partial charge on any atom is 0.335 e. The second kappa shape index (κ2) is 5.36. The van der Waals surface area contributed by atoms with Crippen molar-refractivity contribution in [3.63, 3.8) is 0 Å². The molecular formula is C11H14O4. The van der Waals surface area contributed by atoms with Crippen LogP contribution >= 0.6 is 0 Å². The van der Waals surface area contributed by atoms with Crippen molar-refractivity contribution in [1.82, 2.24) is 0 Å². The molecule has 4 nitrogen and oxygen atoms in total. The Morgan fingerprint density at radius 1 is 1.47 bits per heavy atom. The van der Waals surface area contributed by atoms with Crippen molar-refractivity contribution >= 4 is 5.97 Å². The van der Waals surface area contributed by atoms with Gasteiger partial charge >= 0.3 is 5.97 Å². The minimum absolute atomic E-state index is 0.184. The number of ether oxygens (including phenoxy) is 2. The van der Waals surface area contributed by atoms with Crippen molar-refractivity contribution < 1.29 is 19.4 Å². The average Bonchev–Trinajstić information content (AvgIpc) is 2.20. The van der Waals surface area contributed by atoms with Gasteiger partial charge in [-0.1, -0.05) is 0 Å². The lowest BCUT2D eigenvalue weighted by molar-refractivity contribution is 0.0220. The van der Waals surface area contributed by atoms with Crippen molar-refractivity contribution in [2.45, 2.75) is 13.8 Å². The van der Waals surface area contributed by atoms with E-state index in [1.807, 2.05) is 6.92 Å². The molecular weight excluding hydrogens is 196 g/mol. The molecule has 0 heterocycles. The summed E-state index contributed by atoms with van der Waals surface area (Å²) in [6.07, 6.45) is 0. The molecule has 0 aliphatic carbocycles. The topological polar surface area (TPSA) is 55.8 Å². The molecule has 0 radical (unpaired) electrons. The van der Waals surface area contributed by atoms with Crippen LogP contribution in [-0.4, -0.2) is 24.5 Å². The number of aryl methyl sites for hydroxylation is 1. The highest BCUT2D eigenvalue weighted by Gasteiger charge is 2.05. The predicted molar refractivity (Wildman–Crippen MR) is 55.3 cm³/mol. The summed E-state index contributed by atoms with van der Waals surface area (Å²) in [5, 5.41) is 8.75. The lowest BCUT2D eigenvalue weighted by Gasteiger charge is -2.09. The Morgan fingerprint density at radius 2 is 2.20 bits per heavy atom. The van der Waals surface area contributed by atoms with Gasteiger partial charge in [0, 0.05) is 6.61 Å². The molecule has 0 aliphatic heterocycles. The number of hydrogen-bond donors (Lipinski definition) is 1. The van der Waals surface area contributed by atoms with E-state index in [-0.39, 0.29) is 12.4 Å². The average molecular weight is 210 g/mol. The predicted octanol–water partition coefficient (Wildman–Crippen LogP) is 2.07. The fourth-order valence-corrected chi connectivity index (χ4v) is 1.13. The smallest absolute Gasteiger partial charge is 0.335 e. The second-order valence-electron chi connectivity index (χ2n) is 3.04. The molecule has 1 N–H and O–H groups in total. The van der Waals surface area contributed by atoms with Gasteiger partial charge in [0.25, 0.3) is 0 Å². The molecule has 1 rings (SSSR count). The molecule has 0 aliphatic rings. The van der Waals surface area contributed by atoms with Gasteiger partial charge in [0.1, 0.15) is 5.75 Å². The third-order valence-corrected chi connectivity index (χ3v) is 1.92. The Labute approximate surface area is 88.4 Å². The molecule has 0 fully saturated rings. The first-order valence-corrected chi connectivity index (χ1v) is 4.69. The fourth-order valence-electron chi connectivity index (χ4n) is 1.13. The van der Waals surface area contributed by atoms with Gasteiger partial charge < -0.3 is 14.6 Å². The number of carboxylic acid groups (broad SMARTS) is 1. The highest BCUT2D eigenvalue weighted by molar-refractivity contribution is 5.88. The molecule has 82 valence electrons. The summed E-state index contributed by atoms with van der Waals surface area (Å²) in [5.74, 6) is -0.289. The molecule has 4 heteroatoms. The van der Waals surface area contributed by atoms with E-state index in [0.717, 1.165) is 5.56 Å². The number of aromatic carboxylic acids is 1. The molecule has 1 aromatic rings. The summed E-state index contributed by atoms with van der Waals surface area (Å²) in [6, 6.07) is 4.72. The minimum atomic E-state index is -0.936. The van der Waals surface area contributed by atoms with Crippen LogP contribution in [0.4, 0.5) is 0 Å². The maximum absolute atomic E-state index is 10.7. The maximum atomic E-state index is 10.7. The second-order valence-corrected chi connectivity index (χ2v) is 3.04. The van der Waals surface area contributed by atoms with Crippen molar-refractivity contribution in [1.29, 1.82) is 0 Å². The molecule has 0 unspecified atom stereocenters. The van der Waals surface area contributed by atoms with Crippen LogP contribution in [0.15, 0.2) is 18.2 Å². The first kappa shape index (κ1) is 11.5. The third-order valence-electron chi connectivity index (χ3n) is 1.92. The van der Waals surface area contributed by atoms with E-state index < -0.39 is 5.97 Å². The van der Waals surface area contributed by atoms with Gasteiger partial charge in [0.05, 0.1) is 5.56 Å². The van der Waals surface area contributed by atoms with Crippen LogP contribution in [0.25, 0.3) is 0 Å². The number of benzene rings is 1. The van der Waals surface area contributed by atoms with Crippen LogP contribution in [0.2, 0.25) is 0 Å². The van der Waals surface area contributed by atoms with Crippen molar-refractivity contribution in [2.75, 3.05) is 13.4 Å². The normalized spacial score (nSPS) is 10.0. The molecule has 15 heavy (non-hydrogen) atoms. The van der Waals surface area contributed by atoms with Crippen LogP contribution in [0.5, 0.6) is 5.75 Å². The van der Waals surface area contributed by atoms with Crippen LogP contribution in [0, 0.1) is 6.92 Å². The Bertz CT molecular complexity index is 346. The van der Waals surface area contributed by atoms with E-state index in [2.05, 4.69) is 0 Å². The van der Waals surface area contributed by atoms with E-state index in [0.29, 0.717) is 12.4 Å². The van der Waals surface area contributed by atoms with E-state index in [4.69, 9.17) is 14.6 Å². The molecule has 0 atom stereocenters. The van der Waals surface area contributed by atoms with E-state index in [1.165, 1.54) is 6.07 Å². The number of carbonyl (C=O) groups is 1. The lowest BCUT2D eigenvalue weighted by atomic mass is 10.1. The fraction of sp³-hybridized carbons (Fsp3) is 0.364. The number of hydrogen-bond acceptors (Lipinski definition) is 3.